The fourth-order valence-corrected chi connectivity index (χ4v) is 2.92. The Morgan fingerprint density at radius 3 is 2.74 bits per heavy atom. The van der Waals surface area contributed by atoms with Crippen LogP contribution in [-0.4, -0.2) is 57.9 Å². The van der Waals surface area contributed by atoms with E-state index >= 15 is 0 Å². The molecule has 0 aromatic heterocycles. The number of methoxy groups -OCH3 is 2. The maximum atomic E-state index is 5.24. The Balaban J connectivity index is 1.94. The van der Waals surface area contributed by atoms with E-state index in [9.17, 15) is 0 Å². The quantitative estimate of drug-likeness (QED) is 0.476. The van der Waals surface area contributed by atoms with Crippen LogP contribution in [0.1, 0.15) is 31.2 Å². The molecule has 1 aromatic carbocycles. The highest BCUT2D eigenvalue weighted by atomic mass is 16.5. The van der Waals surface area contributed by atoms with Crippen molar-refractivity contribution in [2.75, 3.05) is 47.0 Å². The molecule has 1 saturated heterocycles. The maximum Gasteiger partial charge on any atom is 0.193 e. The van der Waals surface area contributed by atoms with Crippen LogP contribution in [0.3, 0.4) is 0 Å². The summed E-state index contributed by atoms with van der Waals surface area (Å²) >= 11 is 0. The fourth-order valence-electron chi connectivity index (χ4n) is 2.92. The van der Waals surface area contributed by atoms with Crippen LogP contribution in [0.5, 0.6) is 5.75 Å². The first-order valence-corrected chi connectivity index (χ1v) is 8.44. The van der Waals surface area contributed by atoms with E-state index in [1.165, 1.54) is 5.56 Å². The Morgan fingerprint density at radius 2 is 2.09 bits per heavy atom. The summed E-state index contributed by atoms with van der Waals surface area (Å²) in [5, 5.41) is 3.41. The topological polar surface area (TPSA) is 46.1 Å². The van der Waals surface area contributed by atoms with Crippen LogP contribution >= 0.6 is 0 Å². The van der Waals surface area contributed by atoms with Gasteiger partial charge in [-0.2, -0.15) is 0 Å². The summed E-state index contributed by atoms with van der Waals surface area (Å²) in [5.41, 5.74) is 1.38. The Kier molecular flexibility index (Phi) is 7.20. The predicted molar refractivity (Wildman–Crippen MR) is 94.4 cm³/mol. The highest BCUT2D eigenvalue weighted by molar-refractivity contribution is 5.80. The molecular weight excluding hydrogens is 290 g/mol. The molecule has 1 atom stereocenters. The Hall–Kier alpha value is -1.75. The van der Waals surface area contributed by atoms with Crippen molar-refractivity contribution in [2.24, 2.45) is 4.99 Å². The van der Waals surface area contributed by atoms with Gasteiger partial charge in [-0.1, -0.05) is 12.1 Å². The monoisotopic (exact) mass is 319 g/mol. The van der Waals surface area contributed by atoms with Crippen molar-refractivity contribution in [2.45, 2.75) is 25.7 Å². The number of guanidine groups is 1. The third-order valence-corrected chi connectivity index (χ3v) is 4.18. The van der Waals surface area contributed by atoms with Gasteiger partial charge in [0, 0.05) is 45.8 Å². The van der Waals surface area contributed by atoms with Crippen LogP contribution < -0.4 is 10.1 Å². The highest BCUT2D eigenvalue weighted by Crippen LogP contribution is 2.28. The van der Waals surface area contributed by atoms with E-state index < -0.39 is 0 Å². The molecule has 0 amide bonds. The van der Waals surface area contributed by atoms with Crippen molar-refractivity contribution in [1.29, 1.82) is 0 Å². The Morgan fingerprint density at radius 1 is 1.30 bits per heavy atom. The molecule has 0 aliphatic carbocycles. The van der Waals surface area contributed by atoms with Gasteiger partial charge in [0.2, 0.25) is 0 Å². The predicted octanol–water partition coefficient (Wildman–Crippen LogP) is 2.49. The van der Waals surface area contributed by atoms with E-state index in [-0.39, 0.29) is 0 Å². The average molecular weight is 319 g/mol. The zero-order chi connectivity index (χ0) is 16.5. The summed E-state index contributed by atoms with van der Waals surface area (Å²) in [6.45, 7) is 6.64. The van der Waals surface area contributed by atoms with E-state index in [0.29, 0.717) is 5.92 Å². The van der Waals surface area contributed by atoms with Crippen LogP contribution in [0.2, 0.25) is 0 Å². The second-order valence-electron chi connectivity index (χ2n) is 5.79. The van der Waals surface area contributed by atoms with Crippen molar-refractivity contribution >= 4 is 5.96 Å². The summed E-state index contributed by atoms with van der Waals surface area (Å²) in [6.07, 6.45) is 2.12. The first-order chi connectivity index (χ1) is 11.3. The summed E-state index contributed by atoms with van der Waals surface area (Å²) in [6, 6.07) is 8.44. The second kappa shape index (κ2) is 9.40. The first kappa shape index (κ1) is 17.6. The Labute approximate surface area is 139 Å². The Bertz CT molecular complexity index is 488. The summed E-state index contributed by atoms with van der Waals surface area (Å²) in [4.78, 5) is 7.09. The largest absolute Gasteiger partial charge is 0.497 e. The van der Waals surface area contributed by atoms with Crippen molar-refractivity contribution in [3.63, 3.8) is 0 Å². The number of hydrogen-bond donors (Lipinski definition) is 1. The van der Waals surface area contributed by atoms with Gasteiger partial charge in [-0.3, -0.25) is 4.99 Å². The number of ether oxygens (including phenoxy) is 2. The molecule has 1 aromatic rings. The smallest absolute Gasteiger partial charge is 0.193 e. The van der Waals surface area contributed by atoms with Crippen LogP contribution in [0.25, 0.3) is 0 Å². The summed E-state index contributed by atoms with van der Waals surface area (Å²) < 4.78 is 10.3. The highest BCUT2D eigenvalue weighted by Gasteiger charge is 2.25. The molecule has 2 rings (SSSR count). The average Bonchev–Trinajstić information content (AvgIpc) is 3.07. The minimum atomic E-state index is 0.559. The van der Waals surface area contributed by atoms with Crippen LogP contribution in [0.4, 0.5) is 0 Å². The molecule has 0 spiro atoms. The number of nitrogens with one attached hydrogen (secondary N) is 1. The van der Waals surface area contributed by atoms with Crippen molar-refractivity contribution < 1.29 is 9.47 Å². The third kappa shape index (κ3) is 5.13. The summed E-state index contributed by atoms with van der Waals surface area (Å²) in [7, 11) is 3.43. The first-order valence-electron chi connectivity index (χ1n) is 8.44. The van der Waals surface area contributed by atoms with Gasteiger partial charge < -0.3 is 19.7 Å². The number of hydrogen-bond acceptors (Lipinski definition) is 3. The number of rotatable bonds is 7. The molecule has 1 aliphatic rings. The molecular formula is C18H29N3O2. The van der Waals surface area contributed by atoms with Crippen LogP contribution in [0, 0.1) is 0 Å². The molecule has 1 N–H and O–H groups in total. The van der Waals surface area contributed by atoms with E-state index in [1.54, 1.807) is 14.2 Å². The lowest BCUT2D eigenvalue weighted by Gasteiger charge is -2.21. The number of nitrogens with zero attached hydrogens (tertiary/aromatic N) is 2. The van der Waals surface area contributed by atoms with Crippen molar-refractivity contribution in [1.82, 2.24) is 10.2 Å². The molecule has 0 radical (unpaired) electrons. The molecule has 5 heteroatoms. The molecule has 1 heterocycles. The van der Waals surface area contributed by atoms with E-state index in [1.807, 2.05) is 12.1 Å². The molecule has 1 aliphatic heterocycles. The standard InChI is InChI=1S/C18H29N3O2/c1-4-19-18(20-11-5-13-22-2)21-12-10-16(14-21)15-6-8-17(23-3)9-7-15/h6-9,16H,4-5,10-14H2,1-3H3,(H,19,20). The fraction of sp³-hybridized carbons (Fsp3) is 0.611. The molecule has 5 nitrogen and oxygen atoms in total. The zero-order valence-electron chi connectivity index (χ0n) is 14.5. The van der Waals surface area contributed by atoms with Gasteiger partial charge in [-0.15, -0.1) is 0 Å². The van der Waals surface area contributed by atoms with Crippen LogP contribution in [0.15, 0.2) is 29.3 Å². The van der Waals surface area contributed by atoms with Gasteiger partial charge in [0.15, 0.2) is 5.96 Å². The lowest BCUT2D eigenvalue weighted by molar-refractivity contribution is 0.197. The normalized spacial score (nSPS) is 18.3. The van der Waals surface area contributed by atoms with Gasteiger partial charge in [-0.05, 0) is 37.5 Å². The molecule has 0 saturated carbocycles. The lowest BCUT2D eigenvalue weighted by atomic mass is 9.98. The van der Waals surface area contributed by atoms with Crippen molar-refractivity contribution in [3.05, 3.63) is 29.8 Å². The molecule has 23 heavy (non-hydrogen) atoms. The molecule has 1 unspecified atom stereocenters. The van der Waals surface area contributed by atoms with Gasteiger partial charge in [0.25, 0.3) is 0 Å². The van der Waals surface area contributed by atoms with Gasteiger partial charge in [-0.25, -0.2) is 0 Å². The zero-order valence-corrected chi connectivity index (χ0v) is 14.5. The third-order valence-electron chi connectivity index (χ3n) is 4.18. The molecule has 0 bridgehead atoms. The van der Waals surface area contributed by atoms with Gasteiger partial charge in [0.1, 0.15) is 5.75 Å². The number of likely N-dealkylation sites (tertiary alicyclic amines) is 1. The maximum absolute atomic E-state index is 5.24. The summed E-state index contributed by atoms with van der Waals surface area (Å²) in [5.74, 6) is 2.50. The van der Waals surface area contributed by atoms with Gasteiger partial charge >= 0.3 is 0 Å². The minimum Gasteiger partial charge on any atom is -0.497 e. The van der Waals surface area contributed by atoms with Crippen molar-refractivity contribution in [3.8, 4) is 5.75 Å². The SMILES string of the molecule is CCNC(=NCCCOC)N1CCC(c2ccc(OC)cc2)C1. The van der Waals surface area contributed by atoms with E-state index in [2.05, 4.69) is 29.3 Å². The minimum absolute atomic E-state index is 0.559. The van der Waals surface area contributed by atoms with Crippen LogP contribution in [-0.2, 0) is 4.74 Å². The number of benzene rings is 1. The lowest BCUT2D eigenvalue weighted by Crippen LogP contribution is -2.40. The van der Waals surface area contributed by atoms with E-state index in [0.717, 1.165) is 57.3 Å². The van der Waals surface area contributed by atoms with E-state index in [4.69, 9.17) is 14.5 Å². The molecule has 1 fully saturated rings. The van der Waals surface area contributed by atoms with Gasteiger partial charge in [0.05, 0.1) is 7.11 Å². The second-order valence-corrected chi connectivity index (χ2v) is 5.79. The molecule has 128 valence electrons. The number of aliphatic imine (C=N–C) groups is 1.